The average molecular weight is 569 g/mol. The first-order chi connectivity index (χ1) is 19.8. The van der Waals surface area contributed by atoms with Gasteiger partial charge in [0, 0.05) is 19.6 Å². The lowest BCUT2D eigenvalue weighted by atomic mass is 10.0. The van der Waals surface area contributed by atoms with Crippen LogP contribution in [0.5, 0.6) is 0 Å². The maximum atomic E-state index is 11.9. The minimum atomic E-state index is 0.00935. The Bertz CT molecular complexity index is 468. The smallest absolute Gasteiger partial charge is 0.305 e. The van der Waals surface area contributed by atoms with Crippen LogP contribution < -0.4 is 0 Å². The van der Waals surface area contributed by atoms with Gasteiger partial charge in [-0.25, -0.2) is 0 Å². The molecule has 0 rings (SSSR count). The number of esters is 1. The molecule has 0 fully saturated rings. The van der Waals surface area contributed by atoms with Crippen LogP contribution in [0, 0.1) is 0 Å². The van der Waals surface area contributed by atoms with Gasteiger partial charge in [0.2, 0.25) is 0 Å². The van der Waals surface area contributed by atoms with Crippen LogP contribution in [-0.2, 0) is 9.53 Å². The summed E-state index contributed by atoms with van der Waals surface area (Å²) >= 11 is 0. The van der Waals surface area contributed by atoms with Crippen molar-refractivity contribution in [3.8, 4) is 0 Å². The van der Waals surface area contributed by atoms with Crippen LogP contribution in [0.2, 0.25) is 0 Å². The Kier molecular flexibility index (Phi) is 35.9. The van der Waals surface area contributed by atoms with E-state index in [1.165, 1.54) is 167 Å². The van der Waals surface area contributed by atoms with Crippen LogP contribution in [0.1, 0.15) is 205 Å². The third-order valence-corrected chi connectivity index (χ3v) is 8.35. The second-order valence-electron chi connectivity index (χ2n) is 12.4. The predicted octanol–water partition coefficient (Wildman–Crippen LogP) is 11.0. The number of hydrogen-bond acceptors (Lipinski definition) is 4. The van der Waals surface area contributed by atoms with Crippen molar-refractivity contribution < 1.29 is 19.7 Å². The molecule has 0 aromatic carbocycles. The van der Waals surface area contributed by atoms with Gasteiger partial charge < -0.3 is 14.9 Å². The number of aliphatic hydroxyl groups is 2. The Labute approximate surface area is 250 Å². The van der Waals surface area contributed by atoms with E-state index in [-0.39, 0.29) is 5.97 Å². The molecule has 0 aliphatic carbocycles. The van der Waals surface area contributed by atoms with Gasteiger partial charge >= 0.3 is 5.97 Å². The summed E-state index contributed by atoms with van der Waals surface area (Å²) in [6.45, 7) is 1.32. The first kappa shape index (κ1) is 39.4. The first-order valence-corrected chi connectivity index (χ1v) is 18.2. The van der Waals surface area contributed by atoms with Crippen LogP contribution in [0.3, 0.4) is 0 Å². The van der Waals surface area contributed by atoms with E-state index in [9.17, 15) is 4.79 Å². The molecule has 0 radical (unpaired) electrons. The quantitative estimate of drug-likeness (QED) is 0.0589. The van der Waals surface area contributed by atoms with Gasteiger partial charge in [-0.05, 0) is 25.7 Å². The third-order valence-electron chi connectivity index (χ3n) is 8.35. The zero-order chi connectivity index (χ0) is 29.0. The molecule has 0 aliphatic heterocycles. The number of unbranched alkanes of at least 4 members (excludes halogenated alkanes) is 29. The zero-order valence-corrected chi connectivity index (χ0v) is 27.0. The van der Waals surface area contributed by atoms with Gasteiger partial charge in [0.05, 0.1) is 6.61 Å². The highest BCUT2D eigenvalue weighted by Crippen LogP contribution is 2.15. The predicted molar refractivity (Wildman–Crippen MR) is 173 cm³/mol. The molecule has 0 spiro atoms. The van der Waals surface area contributed by atoms with E-state index in [4.69, 9.17) is 14.9 Å². The molecule has 4 nitrogen and oxygen atoms in total. The summed E-state index contributed by atoms with van der Waals surface area (Å²) in [5.41, 5.74) is 0. The van der Waals surface area contributed by atoms with E-state index in [0.717, 1.165) is 32.1 Å². The summed E-state index contributed by atoms with van der Waals surface area (Å²) in [7, 11) is 0. The number of carbonyl (C=O) groups is 1. The standard InChI is InChI=1S/C36H72O4/c37-33-29-25-21-17-13-9-5-1-2-7-11-15-19-23-27-31-35-40-36(39)32-28-24-20-16-12-8-4-3-6-10-14-18-22-26-30-34-38/h37-38H,1-35H2. The molecule has 4 heteroatoms. The van der Waals surface area contributed by atoms with E-state index in [0.29, 0.717) is 26.2 Å². The van der Waals surface area contributed by atoms with E-state index < -0.39 is 0 Å². The van der Waals surface area contributed by atoms with Crippen LogP contribution >= 0.6 is 0 Å². The van der Waals surface area contributed by atoms with E-state index in [2.05, 4.69) is 0 Å². The maximum absolute atomic E-state index is 11.9. The average Bonchev–Trinajstić information content (AvgIpc) is 2.96. The molecular formula is C36H72O4. The van der Waals surface area contributed by atoms with Crippen molar-refractivity contribution in [3.63, 3.8) is 0 Å². The molecular weight excluding hydrogens is 496 g/mol. The summed E-state index contributed by atoms with van der Waals surface area (Å²) in [5, 5.41) is 17.6. The first-order valence-electron chi connectivity index (χ1n) is 18.2. The van der Waals surface area contributed by atoms with Crippen LogP contribution in [-0.4, -0.2) is 36.0 Å². The molecule has 240 valence electrons. The molecule has 0 aromatic heterocycles. The Balaban J connectivity index is 3.14. The molecule has 0 saturated carbocycles. The second-order valence-corrected chi connectivity index (χ2v) is 12.4. The van der Waals surface area contributed by atoms with Crippen LogP contribution in [0.4, 0.5) is 0 Å². The van der Waals surface area contributed by atoms with Crippen molar-refractivity contribution in [2.24, 2.45) is 0 Å². The van der Waals surface area contributed by atoms with Gasteiger partial charge in [0.25, 0.3) is 0 Å². The lowest BCUT2D eigenvalue weighted by Crippen LogP contribution is -2.05. The minimum Gasteiger partial charge on any atom is -0.466 e. The molecule has 0 aromatic rings. The summed E-state index contributed by atoms with van der Waals surface area (Å²) in [4.78, 5) is 11.9. The van der Waals surface area contributed by atoms with Gasteiger partial charge in [-0.1, -0.05) is 173 Å². The Morgan fingerprint density at radius 1 is 0.325 bits per heavy atom. The van der Waals surface area contributed by atoms with Crippen LogP contribution in [0.15, 0.2) is 0 Å². The Morgan fingerprint density at radius 2 is 0.550 bits per heavy atom. The van der Waals surface area contributed by atoms with Crippen molar-refractivity contribution in [1.82, 2.24) is 0 Å². The molecule has 0 heterocycles. The molecule has 40 heavy (non-hydrogen) atoms. The molecule has 0 bridgehead atoms. The zero-order valence-electron chi connectivity index (χ0n) is 27.0. The van der Waals surface area contributed by atoms with Gasteiger partial charge in [0.1, 0.15) is 0 Å². The summed E-state index contributed by atoms with van der Waals surface area (Å²) < 4.78 is 5.43. The SMILES string of the molecule is O=C(CCCCCCCCCCCCCCCCCO)OCCCCCCCCCCCCCCCCCCO. The fourth-order valence-corrected chi connectivity index (χ4v) is 5.63. The normalized spacial score (nSPS) is 11.3. The number of ether oxygens (including phenoxy) is 1. The Hall–Kier alpha value is -0.610. The monoisotopic (exact) mass is 569 g/mol. The fourth-order valence-electron chi connectivity index (χ4n) is 5.63. The van der Waals surface area contributed by atoms with Crippen molar-refractivity contribution in [1.29, 1.82) is 0 Å². The summed E-state index contributed by atoms with van der Waals surface area (Å²) in [6, 6.07) is 0. The van der Waals surface area contributed by atoms with Crippen molar-refractivity contribution in [3.05, 3.63) is 0 Å². The van der Waals surface area contributed by atoms with Gasteiger partial charge in [0.15, 0.2) is 0 Å². The largest absolute Gasteiger partial charge is 0.466 e. The number of hydrogen-bond donors (Lipinski definition) is 2. The van der Waals surface area contributed by atoms with Crippen LogP contribution in [0.25, 0.3) is 0 Å². The third kappa shape index (κ3) is 35.4. The highest BCUT2D eigenvalue weighted by Gasteiger charge is 2.03. The molecule has 2 N–H and O–H groups in total. The minimum absolute atomic E-state index is 0.00935. The maximum Gasteiger partial charge on any atom is 0.305 e. The van der Waals surface area contributed by atoms with Crippen molar-refractivity contribution >= 4 is 5.97 Å². The lowest BCUT2D eigenvalue weighted by molar-refractivity contribution is -0.143. The number of aliphatic hydroxyl groups excluding tert-OH is 2. The van der Waals surface area contributed by atoms with Gasteiger partial charge in [-0.15, -0.1) is 0 Å². The van der Waals surface area contributed by atoms with E-state index in [1.54, 1.807) is 0 Å². The summed E-state index contributed by atoms with van der Waals surface area (Å²) in [6.07, 6.45) is 40.4. The number of carbonyl (C=O) groups excluding carboxylic acids is 1. The van der Waals surface area contributed by atoms with E-state index >= 15 is 0 Å². The molecule has 0 amide bonds. The highest BCUT2D eigenvalue weighted by molar-refractivity contribution is 5.69. The summed E-state index contributed by atoms with van der Waals surface area (Å²) in [5.74, 6) is 0.00935. The van der Waals surface area contributed by atoms with Crippen molar-refractivity contribution in [2.75, 3.05) is 19.8 Å². The molecule has 0 atom stereocenters. The Morgan fingerprint density at radius 3 is 0.825 bits per heavy atom. The number of rotatable bonds is 35. The molecule has 0 saturated heterocycles. The topological polar surface area (TPSA) is 66.8 Å². The van der Waals surface area contributed by atoms with Gasteiger partial charge in [-0.2, -0.15) is 0 Å². The lowest BCUT2D eigenvalue weighted by Gasteiger charge is -2.06. The highest BCUT2D eigenvalue weighted by atomic mass is 16.5. The molecule has 0 unspecified atom stereocenters. The molecule has 0 aliphatic rings. The fraction of sp³-hybridized carbons (Fsp3) is 0.972. The second kappa shape index (κ2) is 36.4. The van der Waals surface area contributed by atoms with Crippen molar-refractivity contribution in [2.45, 2.75) is 205 Å². The van der Waals surface area contributed by atoms with E-state index in [1.807, 2.05) is 0 Å². The van der Waals surface area contributed by atoms with Gasteiger partial charge in [-0.3, -0.25) is 4.79 Å².